The van der Waals surface area contributed by atoms with Crippen molar-refractivity contribution in [3.63, 3.8) is 0 Å². The molecule has 0 bridgehead atoms. The lowest BCUT2D eigenvalue weighted by Crippen LogP contribution is -2.09. The van der Waals surface area contributed by atoms with Gasteiger partial charge in [0.05, 0.1) is 11.8 Å². The molecule has 1 heterocycles. The van der Waals surface area contributed by atoms with Crippen molar-refractivity contribution in [3.05, 3.63) is 35.2 Å². The number of benzene rings is 1. The molecular weight excluding hydrogens is 258 g/mol. The molecule has 1 N–H and O–H groups in total. The van der Waals surface area contributed by atoms with Gasteiger partial charge in [-0.05, 0) is 6.42 Å². The summed E-state index contributed by atoms with van der Waals surface area (Å²) in [5.74, 6) is -0.321. The fourth-order valence-corrected chi connectivity index (χ4v) is 2.64. The molecule has 0 aliphatic rings. The van der Waals surface area contributed by atoms with E-state index in [0.717, 1.165) is 22.6 Å². The van der Waals surface area contributed by atoms with E-state index < -0.39 is 0 Å². The van der Waals surface area contributed by atoms with Gasteiger partial charge >= 0.3 is 0 Å². The number of hydrogen-bond acceptors (Lipinski definition) is 4. The third-order valence-electron chi connectivity index (χ3n) is 2.55. The van der Waals surface area contributed by atoms with Gasteiger partial charge in [-0.25, -0.2) is 4.98 Å². The molecule has 0 saturated carbocycles. The van der Waals surface area contributed by atoms with Gasteiger partial charge in [-0.15, -0.1) is 11.3 Å². The van der Waals surface area contributed by atoms with Crippen molar-refractivity contribution in [1.29, 1.82) is 5.26 Å². The summed E-state index contributed by atoms with van der Waals surface area (Å²) >= 11 is 1.46. The summed E-state index contributed by atoms with van der Waals surface area (Å²) in [6.45, 7) is 2.06. The molecule has 2 aromatic rings. The van der Waals surface area contributed by atoms with Gasteiger partial charge in [-0.2, -0.15) is 5.26 Å². The molecule has 0 fully saturated rings. The van der Waals surface area contributed by atoms with E-state index in [1.54, 1.807) is 0 Å². The number of nitriles is 1. The Hall–Kier alpha value is -2.19. The number of amides is 1. The first-order chi connectivity index (χ1) is 9.24. The molecule has 0 saturated heterocycles. The molecule has 1 aromatic carbocycles. The van der Waals surface area contributed by atoms with E-state index in [-0.39, 0.29) is 12.3 Å². The second-order valence-corrected chi connectivity index (χ2v) is 4.98. The smallest absolute Gasteiger partial charge is 0.240 e. The van der Waals surface area contributed by atoms with E-state index >= 15 is 0 Å². The van der Waals surface area contributed by atoms with Crippen LogP contribution in [-0.2, 0) is 11.2 Å². The Kier molecular flexibility index (Phi) is 4.26. The van der Waals surface area contributed by atoms with Gasteiger partial charge in [0.15, 0.2) is 5.13 Å². The number of hydrogen-bond donors (Lipinski definition) is 1. The number of anilines is 1. The van der Waals surface area contributed by atoms with Crippen LogP contribution in [0.3, 0.4) is 0 Å². The maximum atomic E-state index is 11.4. The van der Waals surface area contributed by atoms with E-state index in [4.69, 9.17) is 5.26 Å². The van der Waals surface area contributed by atoms with Gasteiger partial charge in [0.2, 0.25) is 5.91 Å². The van der Waals surface area contributed by atoms with Gasteiger partial charge in [0.1, 0.15) is 6.42 Å². The lowest BCUT2D eigenvalue weighted by molar-refractivity contribution is -0.115. The normalized spacial score (nSPS) is 9.89. The van der Waals surface area contributed by atoms with Gasteiger partial charge in [-0.3, -0.25) is 4.79 Å². The zero-order valence-electron chi connectivity index (χ0n) is 10.5. The molecule has 1 amide bonds. The number of nitrogens with one attached hydrogen (secondary N) is 1. The van der Waals surface area contributed by atoms with Crippen molar-refractivity contribution in [2.45, 2.75) is 19.8 Å². The minimum absolute atomic E-state index is 0.151. The highest BCUT2D eigenvalue weighted by atomic mass is 32.1. The minimum atomic E-state index is -0.321. The van der Waals surface area contributed by atoms with Gasteiger partial charge < -0.3 is 5.32 Å². The first-order valence-electron chi connectivity index (χ1n) is 5.96. The van der Waals surface area contributed by atoms with Crippen LogP contribution in [0.2, 0.25) is 0 Å². The third kappa shape index (κ3) is 3.18. The summed E-state index contributed by atoms with van der Waals surface area (Å²) < 4.78 is 0. The molecule has 5 heteroatoms. The summed E-state index contributed by atoms with van der Waals surface area (Å²) in [6, 6.07) is 11.7. The zero-order valence-corrected chi connectivity index (χ0v) is 11.3. The molecule has 0 radical (unpaired) electrons. The highest BCUT2D eigenvalue weighted by Crippen LogP contribution is 2.31. The lowest BCUT2D eigenvalue weighted by Gasteiger charge is -1.98. The molecular formula is C14H13N3OS. The number of nitrogens with zero attached hydrogens (tertiary/aromatic N) is 2. The van der Waals surface area contributed by atoms with Crippen LogP contribution in [0.25, 0.3) is 11.3 Å². The maximum absolute atomic E-state index is 11.4. The zero-order chi connectivity index (χ0) is 13.7. The van der Waals surface area contributed by atoms with Crippen LogP contribution in [0.5, 0.6) is 0 Å². The van der Waals surface area contributed by atoms with Crippen LogP contribution in [0.4, 0.5) is 5.13 Å². The highest BCUT2D eigenvalue weighted by Gasteiger charge is 2.13. The van der Waals surface area contributed by atoms with Crippen molar-refractivity contribution in [2.24, 2.45) is 0 Å². The molecule has 19 heavy (non-hydrogen) atoms. The third-order valence-corrected chi connectivity index (χ3v) is 3.67. The monoisotopic (exact) mass is 271 g/mol. The Bertz CT molecular complexity index is 613. The topological polar surface area (TPSA) is 65.8 Å². The van der Waals surface area contributed by atoms with Gasteiger partial charge in [0.25, 0.3) is 0 Å². The first kappa shape index (κ1) is 13.2. The second kappa shape index (κ2) is 6.12. The number of thiazole rings is 1. The number of carbonyl (C=O) groups is 1. The lowest BCUT2D eigenvalue weighted by atomic mass is 10.1. The van der Waals surface area contributed by atoms with Crippen molar-refractivity contribution < 1.29 is 4.79 Å². The number of aryl methyl sites for hydroxylation is 1. The maximum Gasteiger partial charge on any atom is 0.240 e. The molecule has 1 aromatic heterocycles. The molecule has 0 aliphatic heterocycles. The average Bonchev–Trinajstić information content (AvgIpc) is 2.83. The van der Waals surface area contributed by atoms with E-state index in [1.807, 2.05) is 36.4 Å². The van der Waals surface area contributed by atoms with E-state index in [9.17, 15) is 4.79 Å². The Labute approximate surface area is 115 Å². The fourth-order valence-electron chi connectivity index (χ4n) is 1.70. The second-order valence-electron chi connectivity index (χ2n) is 3.89. The largest absolute Gasteiger partial charge is 0.301 e. The highest BCUT2D eigenvalue weighted by molar-refractivity contribution is 7.16. The number of carbonyl (C=O) groups excluding carboxylic acids is 1. The van der Waals surface area contributed by atoms with Crippen molar-refractivity contribution >= 4 is 22.4 Å². The van der Waals surface area contributed by atoms with Crippen molar-refractivity contribution in [3.8, 4) is 17.3 Å². The summed E-state index contributed by atoms with van der Waals surface area (Å²) in [5.41, 5.74) is 1.94. The van der Waals surface area contributed by atoms with Crippen LogP contribution in [-0.4, -0.2) is 10.9 Å². The molecule has 2 rings (SSSR count). The average molecular weight is 271 g/mol. The minimum Gasteiger partial charge on any atom is -0.301 e. The Morgan fingerprint density at radius 3 is 2.79 bits per heavy atom. The van der Waals surface area contributed by atoms with Crippen LogP contribution in [0, 0.1) is 11.3 Å². The number of aromatic nitrogens is 1. The van der Waals surface area contributed by atoms with E-state index in [0.29, 0.717) is 5.13 Å². The standard InChI is InChI=1S/C14H13N3OS/c1-2-11-13(10-6-4-3-5-7-10)17-14(19-11)16-12(18)8-9-15/h3-7H,2,8H2,1H3,(H,16,17,18). The number of rotatable bonds is 4. The van der Waals surface area contributed by atoms with Crippen molar-refractivity contribution in [1.82, 2.24) is 4.98 Å². The first-order valence-corrected chi connectivity index (χ1v) is 6.78. The summed E-state index contributed by atoms with van der Waals surface area (Å²) in [4.78, 5) is 17.0. The molecule has 0 spiro atoms. The molecule has 0 unspecified atom stereocenters. The molecule has 96 valence electrons. The summed E-state index contributed by atoms with van der Waals surface area (Å²) in [7, 11) is 0. The van der Waals surface area contributed by atoms with Gasteiger partial charge in [-0.1, -0.05) is 37.3 Å². The molecule has 4 nitrogen and oxygen atoms in total. The van der Waals surface area contributed by atoms with Crippen LogP contribution in [0.15, 0.2) is 30.3 Å². The Morgan fingerprint density at radius 1 is 1.42 bits per heavy atom. The van der Waals surface area contributed by atoms with Crippen LogP contribution in [0.1, 0.15) is 18.2 Å². The van der Waals surface area contributed by atoms with Crippen molar-refractivity contribution in [2.75, 3.05) is 5.32 Å². The van der Waals surface area contributed by atoms with Gasteiger partial charge in [0, 0.05) is 10.4 Å². The Morgan fingerprint density at radius 2 is 2.16 bits per heavy atom. The predicted octanol–water partition coefficient (Wildman–Crippen LogP) is 3.22. The summed E-state index contributed by atoms with van der Waals surface area (Å²) in [6.07, 6.45) is 0.706. The van der Waals surface area contributed by atoms with E-state index in [2.05, 4.69) is 17.2 Å². The molecule has 0 aliphatic carbocycles. The summed E-state index contributed by atoms with van der Waals surface area (Å²) in [5, 5.41) is 11.7. The van der Waals surface area contributed by atoms with Crippen LogP contribution < -0.4 is 5.32 Å². The van der Waals surface area contributed by atoms with Crippen LogP contribution >= 0.6 is 11.3 Å². The quantitative estimate of drug-likeness (QED) is 0.928. The predicted molar refractivity (Wildman–Crippen MR) is 75.8 cm³/mol. The SMILES string of the molecule is CCc1sc(NC(=O)CC#N)nc1-c1ccccc1. The fraction of sp³-hybridized carbons (Fsp3) is 0.214. The Balaban J connectivity index is 2.28. The molecule has 0 atom stereocenters. The van der Waals surface area contributed by atoms with E-state index in [1.165, 1.54) is 11.3 Å².